The van der Waals surface area contributed by atoms with Gasteiger partial charge in [0.2, 0.25) is 10.0 Å². The molecule has 3 nitrogen and oxygen atoms in total. The Morgan fingerprint density at radius 3 is 2.80 bits per heavy atom. The molecule has 2 heterocycles. The molecule has 1 aliphatic heterocycles. The minimum atomic E-state index is -3.39. The van der Waals surface area contributed by atoms with E-state index in [-0.39, 0.29) is 5.88 Å². The number of thiophene rings is 1. The molecule has 2 rings (SSSR count). The Labute approximate surface area is 131 Å². The Morgan fingerprint density at radius 2 is 2.15 bits per heavy atom. The van der Waals surface area contributed by atoms with Gasteiger partial charge in [-0.15, -0.1) is 22.9 Å². The summed E-state index contributed by atoms with van der Waals surface area (Å²) in [7, 11) is -3.39. The molecule has 0 N–H and O–H groups in total. The Bertz CT molecular complexity index is 554. The van der Waals surface area contributed by atoms with Crippen LogP contribution in [0.5, 0.6) is 0 Å². The third kappa shape index (κ3) is 3.21. The molecule has 0 bridgehead atoms. The molecule has 1 atom stereocenters. The molecule has 114 valence electrons. The van der Waals surface area contributed by atoms with E-state index < -0.39 is 10.0 Å². The van der Waals surface area contributed by atoms with Crippen LogP contribution in [0.15, 0.2) is 10.3 Å². The van der Waals surface area contributed by atoms with E-state index in [1.54, 1.807) is 4.31 Å². The zero-order valence-corrected chi connectivity index (χ0v) is 14.5. The van der Waals surface area contributed by atoms with Crippen molar-refractivity contribution in [1.29, 1.82) is 0 Å². The Kier molecular flexibility index (Phi) is 5.51. The molecular formula is C14H22ClNO2S2. The van der Waals surface area contributed by atoms with Gasteiger partial charge in [0.1, 0.15) is 4.90 Å². The van der Waals surface area contributed by atoms with Crippen LogP contribution in [-0.4, -0.2) is 25.8 Å². The van der Waals surface area contributed by atoms with Crippen LogP contribution in [0.2, 0.25) is 0 Å². The number of hydrogen-bond acceptors (Lipinski definition) is 3. The lowest BCUT2D eigenvalue weighted by atomic mass is 9.98. The number of sulfonamides is 1. The van der Waals surface area contributed by atoms with Gasteiger partial charge in [-0.05, 0) is 43.0 Å². The second-order valence-electron chi connectivity index (χ2n) is 5.41. The molecule has 0 spiro atoms. The maximum Gasteiger partial charge on any atom is 0.244 e. The van der Waals surface area contributed by atoms with Crippen LogP contribution < -0.4 is 0 Å². The molecule has 1 unspecified atom stereocenters. The highest BCUT2D eigenvalue weighted by atomic mass is 35.5. The first-order chi connectivity index (χ1) is 9.50. The SMILES string of the molecule is CCC1CCCN(S(=O)(=O)c2c(C)csc2CCl)CC1. The molecule has 6 heteroatoms. The van der Waals surface area contributed by atoms with Crippen LogP contribution in [-0.2, 0) is 15.9 Å². The number of alkyl halides is 1. The van der Waals surface area contributed by atoms with Crippen LogP contribution in [0.25, 0.3) is 0 Å². The minimum absolute atomic E-state index is 0.262. The lowest BCUT2D eigenvalue weighted by Crippen LogP contribution is -2.32. The predicted octanol–water partition coefficient (Wildman–Crippen LogP) is 4.00. The molecule has 0 amide bonds. The number of halogens is 1. The van der Waals surface area contributed by atoms with Crippen molar-refractivity contribution in [2.45, 2.75) is 50.3 Å². The Hall–Kier alpha value is -0.100. The summed E-state index contributed by atoms with van der Waals surface area (Å²) in [5.41, 5.74) is 0.821. The average Bonchev–Trinajstić information content (AvgIpc) is 2.65. The summed E-state index contributed by atoms with van der Waals surface area (Å²) in [6.07, 6.45) is 4.19. The zero-order valence-electron chi connectivity index (χ0n) is 12.1. The van der Waals surface area contributed by atoms with E-state index in [4.69, 9.17) is 11.6 Å². The topological polar surface area (TPSA) is 37.4 Å². The molecule has 1 saturated heterocycles. The normalized spacial score (nSPS) is 21.9. The number of hydrogen-bond donors (Lipinski definition) is 0. The van der Waals surface area contributed by atoms with Gasteiger partial charge in [-0.25, -0.2) is 8.42 Å². The quantitative estimate of drug-likeness (QED) is 0.780. The summed E-state index contributed by atoms with van der Waals surface area (Å²) in [5.74, 6) is 0.921. The van der Waals surface area contributed by atoms with E-state index in [9.17, 15) is 8.42 Å². The van der Waals surface area contributed by atoms with Crippen molar-refractivity contribution in [2.75, 3.05) is 13.1 Å². The highest BCUT2D eigenvalue weighted by molar-refractivity contribution is 7.89. The molecule has 1 aromatic rings. The third-order valence-electron chi connectivity index (χ3n) is 4.09. The summed E-state index contributed by atoms with van der Waals surface area (Å²) in [6, 6.07) is 0. The van der Waals surface area contributed by atoms with Gasteiger partial charge in [0, 0.05) is 18.0 Å². The largest absolute Gasteiger partial charge is 0.244 e. The monoisotopic (exact) mass is 335 g/mol. The highest BCUT2D eigenvalue weighted by Gasteiger charge is 2.31. The van der Waals surface area contributed by atoms with Crippen LogP contribution in [0.1, 0.15) is 43.0 Å². The fourth-order valence-corrected chi connectivity index (χ4v) is 6.35. The van der Waals surface area contributed by atoms with E-state index in [0.717, 1.165) is 36.1 Å². The van der Waals surface area contributed by atoms with Gasteiger partial charge < -0.3 is 0 Å². The van der Waals surface area contributed by atoms with Crippen LogP contribution in [0, 0.1) is 12.8 Å². The predicted molar refractivity (Wildman–Crippen MR) is 85.0 cm³/mol. The lowest BCUT2D eigenvalue weighted by molar-refractivity contribution is 0.407. The average molecular weight is 336 g/mol. The number of rotatable bonds is 4. The van der Waals surface area contributed by atoms with Crippen molar-refractivity contribution < 1.29 is 8.42 Å². The first kappa shape index (κ1) is 16.3. The molecule has 1 aliphatic rings. The maximum absolute atomic E-state index is 12.9. The summed E-state index contributed by atoms with van der Waals surface area (Å²) < 4.78 is 27.4. The Morgan fingerprint density at radius 1 is 1.40 bits per heavy atom. The van der Waals surface area contributed by atoms with Gasteiger partial charge in [-0.1, -0.05) is 13.3 Å². The van der Waals surface area contributed by atoms with E-state index in [1.165, 1.54) is 11.3 Å². The second kappa shape index (κ2) is 6.77. The lowest BCUT2D eigenvalue weighted by Gasteiger charge is -2.21. The van der Waals surface area contributed by atoms with Crippen molar-refractivity contribution in [2.24, 2.45) is 5.92 Å². The van der Waals surface area contributed by atoms with Crippen LogP contribution in [0.3, 0.4) is 0 Å². The second-order valence-corrected chi connectivity index (χ2v) is 8.52. The van der Waals surface area contributed by atoms with Gasteiger partial charge in [0.25, 0.3) is 0 Å². The van der Waals surface area contributed by atoms with Gasteiger partial charge in [-0.3, -0.25) is 0 Å². The number of aryl methyl sites for hydroxylation is 1. The van der Waals surface area contributed by atoms with Gasteiger partial charge in [0.05, 0.1) is 5.88 Å². The zero-order chi connectivity index (χ0) is 14.8. The van der Waals surface area contributed by atoms with Crippen molar-refractivity contribution in [3.8, 4) is 0 Å². The van der Waals surface area contributed by atoms with Crippen molar-refractivity contribution in [1.82, 2.24) is 4.31 Å². The van der Waals surface area contributed by atoms with Crippen molar-refractivity contribution in [3.05, 3.63) is 15.8 Å². The Balaban J connectivity index is 2.28. The molecular weight excluding hydrogens is 314 g/mol. The van der Waals surface area contributed by atoms with Crippen molar-refractivity contribution >= 4 is 33.0 Å². The van der Waals surface area contributed by atoms with Crippen LogP contribution >= 0.6 is 22.9 Å². The molecule has 20 heavy (non-hydrogen) atoms. The summed E-state index contributed by atoms with van der Waals surface area (Å²) in [5, 5.41) is 1.89. The van der Waals surface area contributed by atoms with Gasteiger partial charge in [0.15, 0.2) is 0 Å². The fourth-order valence-electron chi connectivity index (χ4n) is 2.84. The first-order valence-electron chi connectivity index (χ1n) is 7.13. The fraction of sp³-hybridized carbons (Fsp3) is 0.714. The molecule has 1 fully saturated rings. The molecule has 0 aliphatic carbocycles. The first-order valence-corrected chi connectivity index (χ1v) is 9.99. The molecule has 1 aromatic heterocycles. The van der Waals surface area contributed by atoms with Gasteiger partial charge >= 0.3 is 0 Å². The highest BCUT2D eigenvalue weighted by Crippen LogP contribution is 2.32. The molecule has 0 saturated carbocycles. The number of nitrogens with zero attached hydrogens (tertiary/aromatic N) is 1. The minimum Gasteiger partial charge on any atom is -0.207 e. The maximum atomic E-state index is 12.9. The van der Waals surface area contributed by atoms with E-state index in [1.807, 2.05) is 12.3 Å². The van der Waals surface area contributed by atoms with Crippen molar-refractivity contribution in [3.63, 3.8) is 0 Å². The van der Waals surface area contributed by atoms with E-state index >= 15 is 0 Å². The van der Waals surface area contributed by atoms with E-state index in [2.05, 4.69) is 6.92 Å². The summed E-state index contributed by atoms with van der Waals surface area (Å²) >= 11 is 7.34. The standard InChI is InChI=1S/C14H22ClNO2S2/c1-3-12-5-4-7-16(8-6-12)20(17,18)14-11(2)10-19-13(14)9-15/h10,12H,3-9H2,1-2H3. The van der Waals surface area contributed by atoms with Gasteiger partial charge in [-0.2, -0.15) is 4.31 Å². The summed E-state index contributed by atoms with van der Waals surface area (Å²) in [4.78, 5) is 1.22. The smallest absolute Gasteiger partial charge is 0.207 e. The van der Waals surface area contributed by atoms with Crippen LogP contribution in [0.4, 0.5) is 0 Å². The molecule has 0 radical (unpaired) electrons. The summed E-state index contributed by atoms with van der Waals surface area (Å²) in [6.45, 7) is 5.31. The van der Waals surface area contributed by atoms with E-state index in [0.29, 0.717) is 23.9 Å². The molecule has 0 aromatic carbocycles. The third-order valence-corrected chi connectivity index (χ3v) is 7.88.